The zero-order valence-electron chi connectivity index (χ0n) is 11.7. The summed E-state index contributed by atoms with van der Waals surface area (Å²) in [5.41, 5.74) is 0. The fraction of sp³-hybridized carbons (Fsp3) is 0.214. The Balaban J connectivity index is 1.88. The van der Waals surface area contributed by atoms with E-state index in [0.29, 0.717) is 0 Å². The molecule has 1 aromatic carbocycles. The lowest BCUT2D eigenvalue weighted by Gasteiger charge is -2.16. The molecule has 0 aliphatic heterocycles. The summed E-state index contributed by atoms with van der Waals surface area (Å²) in [7, 11) is 1.49. The Morgan fingerprint density at radius 2 is 2.09 bits per heavy atom. The van der Waals surface area contributed by atoms with Crippen LogP contribution >= 0.6 is 0 Å². The van der Waals surface area contributed by atoms with E-state index in [1.165, 1.54) is 30.1 Å². The molecule has 0 atom stereocenters. The van der Waals surface area contributed by atoms with Crippen molar-refractivity contribution in [3.63, 3.8) is 0 Å². The van der Waals surface area contributed by atoms with Gasteiger partial charge in [0.2, 0.25) is 0 Å². The monoisotopic (exact) mass is 308 g/mol. The maximum Gasteiger partial charge on any atom is 0.433 e. The van der Waals surface area contributed by atoms with Crippen molar-refractivity contribution in [2.75, 3.05) is 20.2 Å². The summed E-state index contributed by atoms with van der Waals surface area (Å²) in [4.78, 5) is 23.0. The van der Waals surface area contributed by atoms with Crippen LogP contribution in [-0.2, 0) is 0 Å². The zero-order chi connectivity index (χ0) is 16.1. The third-order valence-electron chi connectivity index (χ3n) is 2.85. The molecule has 1 heterocycles. The topological polar surface area (TPSA) is 85.8 Å². The third kappa shape index (κ3) is 3.60. The van der Waals surface area contributed by atoms with Gasteiger partial charge >= 0.3 is 5.88 Å². The van der Waals surface area contributed by atoms with Gasteiger partial charge in [0.05, 0.1) is 12.6 Å². The number of likely N-dealkylation sites (N-methyl/N-ethyl adjacent to an activating group) is 1. The van der Waals surface area contributed by atoms with Crippen LogP contribution < -0.4 is 4.74 Å². The largest absolute Gasteiger partial charge is 0.489 e. The molecule has 0 unspecified atom stereocenters. The fourth-order valence-electron chi connectivity index (χ4n) is 1.68. The van der Waals surface area contributed by atoms with Gasteiger partial charge in [-0.1, -0.05) is 12.1 Å². The normalized spacial score (nSPS) is 10.3. The minimum Gasteiger partial charge on any atom is -0.489 e. The smallest absolute Gasteiger partial charge is 0.433 e. The zero-order valence-corrected chi connectivity index (χ0v) is 11.7. The van der Waals surface area contributed by atoms with Crippen molar-refractivity contribution in [1.29, 1.82) is 0 Å². The fourth-order valence-corrected chi connectivity index (χ4v) is 1.68. The Kier molecular flexibility index (Phi) is 4.72. The number of hydrogen-bond donors (Lipinski definition) is 0. The van der Waals surface area contributed by atoms with E-state index in [4.69, 9.17) is 9.15 Å². The number of para-hydroxylation sites is 1. The van der Waals surface area contributed by atoms with E-state index in [0.717, 1.165) is 6.07 Å². The van der Waals surface area contributed by atoms with Crippen molar-refractivity contribution in [3.05, 3.63) is 58.1 Å². The molecule has 8 heteroatoms. The average Bonchev–Trinajstić information content (AvgIpc) is 2.98. The van der Waals surface area contributed by atoms with Gasteiger partial charge in [0.15, 0.2) is 17.3 Å². The van der Waals surface area contributed by atoms with Crippen LogP contribution in [0.1, 0.15) is 10.6 Å². The van der Waals surface area contributed by atoms with Gasteiger partial charge in [0.25, 0.3) is 5.91 Å². The third-order valence-corrected chi connectivity index (χ3v) is 2.85. The number of amides is 1. The molecule has 0 fully saturated rings. The van der Waals surface area contributed by atoms with Crippen LogP contribution in [0.4, 0.5) is 10.3 Å². The van der Waals surface area contributed by atoms with Crippen LogP contribution in [0, 0.1) is 15.9 Å². The number of ether oxygens (including phenoxy) is 1. The standard InChI is InChI=1S/C14H13FN2O5/c1-16(8-9-21-11-5-3-2-4-10(11)15)14(18)12-6-7-13(22-12)17(19)20/h2-7H,8-9H2,1H3. The van der Waals surface area contributed by atoms with Gasteiger partial charge in [0, 0.05) is 7.05 Å². The Labute approximate surface area is 125 Å². The maximum atomic E-state index is 13.3. The summed E-state index contributed by atoms with van der Waals surface area (Å²) in [6.45, 7) is 0.244. The van der Waals surface area contributed by atoms with E-state index in [1.54, 1.807) is 12.1 Å². The Morgan fingerprint density at radius 1 is 1.36 bits per heavy atom. The number of nitro groups is 1. The van der Waals surface area contributed by atoms with Crippen LogP contribution in [0.2, 0.25) is 0 Å². The molecule has 0 bridgehead atoms. The van der Waals surface area contributed by atoms with E-state index in [2.05, 4.69) is 0 Å². The van der Waals surface area contributed by atoms with Gasteiger partial charge in [-0.05, 0) is 18.2 Å². The first-order valence-electron chi connectivity index (χ1n) is 6.36. The van der Waals surface area contributed by atoms with Gasteiger partial charge in [0.1, 0.15) is 11.5 Å². The number of hydrogen-bond acceptors (Lipinski definition) is 5. The Bertz CT molecular complexity index is 685. The van der Waals surface area contributed by atoms with Gasteiger partial charge in [-0.25, -0.2) is 4.39 Å². The Hall–Kier alpha value is -2.90. The van der Waals surface area contributed by atoms with Gasteiger partial charge < -0.3 is 14.1 Å². The van der Waals surface area contributed by atoms with Crippen molar-refractivity contribution in [2.45, 2.75) is 0 Å². The second kappa shape index (κ2) is 6.70. The molecule has 0 saturated carbocycles. The van der Waals surface area contributed by atoms with Crippen molar-refractivity contribution in [2.24, 2.45) is 0 Å². The summed E-state index contributed by atoms with van der Waals surface area (Å²) in [6, 6.07) is 8.27. The number of benzene rings is 1. The van der Waals surface area contributed by atoms with E-state index >= 15 is 0 Å². The van der Waals surface area contributed by atoms with E-state index in [9.17, 15) is 19.3 Å². The molecule has 2 rings (SSSR count). The summed E-state index contributed by atoms with van der Waals surface area (Å²) in [5, 5.41) is 10.5. The van der Waals surface area contributed by atoms with Crippen molar-refractivity contribution >= 4 is 11.8 Å². The van der Waals surface area contributed by atoms with E-state index < -0.39 is 22.5 Å². The predicted molar refractivity (Wildman–Crippen MR) is 74.2 cm³/mol. The number of carbonyl (C=O) groups excluding carboxylic acids is 1. The minimum atomic E-state index is -0.724. The average molecular weight is 308 g/mol. The molecule has 0 aliphatic rings. The number of nitrogens with zero attached hydrogens (tertiary/aromatic N) is 2. The maximum absolute atomic E-state index is 13.3. The minimum absolute atomic E-state index is 0.0754. The molecule has 22 heavy (non-hydrogen) atoms. The van der Waals surface area contributed by atoms with Crippen molar-refractivity contribution in [1.82, 2.24) is 4.90 Å². The number of furan rings is 1. The summed E-state index contributed by atoms with van der Waals surface area (Å²) in [5.74, 6) is -1.56. The van der Waals surface area contributed by atoms with Crippen molar-refractivity contribution in [3.8, 4) is 5.75 Å². The molecule has 7 nitrogen and oxygen atoms in total. The van der Waals surface area contributed by atoms with E-state index in [-0.39, 0.29) is 24.7 Å². The molecule has 1 amide bonds. The highest BCUT2D eigenvalue weighted by Crippen LogP contribution is 2.17. The van der Waals surface area contributed by atoms with Crippen LogP contribution in [0.25, 0.3) is 0 Å². The summed E-state index contributed by atoms with van der Waals surface area (Å²) < 4.78 is 23.4. The number of halogens is 1. The first-order chi connectivity index (χ1) is 10.5. The second-order valence-electron chi connectivity index (χ2n) is 4.40. The molecule has 1 aromatic heterocycles. The summed E-state index contributed by atoms with van der Waals surface area (Å²) in [6.07, 6.45) is 0. The Morgan fingerprint density at radius 3 is 2.73 bits per heavy atom. The van der Waals surface area contributed by atoms with Crippen LogP contribution in [0.5, 0.6) is 5.75 Å². The predicted octanol–water partition coefficient (Wildman–Crippen LogP) is 2.48. The lowest BCUT2D eigenvalue weighted by molar-refractivity contribution is -0.402. The van der Waals surface area contributed by atoms with Crippen LogP contribution in [-0.4, -0.2) is 35.9 Å². The van der Waals surface area contributed by atoms with E-state index in [1.807, 2.05) is 0 Å². The number of rotatable bonds is 6. The second-order valence-corrected chi connectivity index (χ2v) is 4.40. The molecule has 2 aromatic rings. The first kappa shape index (κ1) is 15.5. The summed E-state index contributed by atoms with van der Waals surface area (Å²) >= 11 is 0. The van der Waals surface area contributed by atoms with Gasteiger partial charge in [-0.3, -0.25) is 14.9 Å². The quantitative estimate of drug-likeness (QED) is 0.604. The lowest BCUT2D eigenvalue weighted by Crippen LogP contribution is -2.30. The molecule has 0 aliphatic carbocycles. The molecular formula is C14H13FN2O5. The van der Waals surface area contributed by atoms with Crippen LogP contribution in [0.3, 0.4) is 0 Å². The highest BCUT2D eigenvalue weighted by molar-refractivity contribution is 5.91. The first-order valence-corrected chi connectivity index (χ1v) is 6.36. The molecule has 0 saturated heterocycles. The molecule has 0 N–H and O–H groups in total. The lowest BCUT2D eigenvalue weighted by atomic mass is 10.3. The SMILES string of the molecule is CN(CCOc1ccccc1F)C(=O)c1ccc([N+](=O)[O-])o1. The van der Waals surface area contributed by atoms with Crippen molar-refractivity contribution < 1.29 is 23.3 Å². The molecule has 0 spiro atoms. The molecular weight excluding hydrogens is 295 g/mol. The highest BCUT2D eigenvalue weighted by Gasteiger charge is 2.20. The highest BCUT2D eigenvalue weighted by atomic mass is 19.1. The van der Waals surface area contributed by atoms with Crippen LogP contribution in [0.15, 0.2) is 40.8 Å². The molecule has 116 valence electrons. The van der Waals surface area contributed by atoms with Gasteiger partial charge in [-0.15, -0.1) is 0 Å². The molecule has 0 radical (unpaired) electrons. The number of carbonyl (C=O) groups is 1. The van der Waals surface area contributed by atoms with Gasteiger partial charge in [-0.2, -0.15) is 0 Å².